The normalized spacial score (nSPS) is 20.0. The largest absolute Gasteiger partial charge is 0.351 e. The van der Waals surface area contributed by atoms with Crippen LogP contribution in [0.4, 0.5) is 0 Å². The van der Waals surface area contributed by atoms with Gasteiger partial charge in [0.15, 0.2) is 0 Å². The number of carbonyl (C=O) groups is 1. The molecule has 4 nitrogen and oxygen atoms in total. The Morgan fingerprint density at radius 3 is 2.78 bits per heavy atom. The van der Waals surface area contributed by atoms with Gasteiger partial charge in [0.2, 0.25) is 5.91 Å². The van der Waals surface area contributed by atoms with E-state index in [9.17, 15) is 4.79 Å². The summed E-state index contributed by atoms with van der Waals surface area (Å²) in [6, 6.07) is 8.43. The summed E-state index contributed by atoms with van der Waals surface area (Å²) in [5.74, 6) is 0.0738. The third kappa shape index (κ3) is 3.82. The maximum Gasteiger partial charge on any atom is 0.234 e. The molecule has 1 heterocycles. The second-order valence-corrected chi connectivity index (χ2v) is 5.05. The van der Waals surface area contributed by atoms with Crippen molar-refractivity contribution in [3.05, 3.63) is 35.4 Å². The molecule has 1 fully saturated rings. The molecule has 1 aliphatic rings. The van der Waals surface area contributed by atoms with Gasteiger partial charge in [-0.25, -0.2) is 0 Å². The molecular weight excluding hydrogens is 226 g/mol. The molecule has 0 spiro atoms. The lowest BCUT2D eigenvalue weighted by molar-refractivity contribution is -0.122. The van der Waals surface area contributed by atoms with Crippen LogP contribution < -0.4 is 11.1 Å². The summed E-state index contributed by atoms with van der Waals surface area (Å²) in [7, 11) is 0. The second-order valence-electron chi connectivity index (χ2n) is 5.05. The first kappa shape index (κ1) is 13.1. The van der Waals surface area contributed by atoms with Crippen LogP contribution in [0.1, 0.15) is 17.5 Å². The summed E-state index contributed by atoms with van der Waals surface area (Å²) in [5.41, 5.74) is 8.17. The molecular formula is C14H21N3O. The van der Waals surface area contributed by atoms with E-state index in [4.69, 9.17) is 5.73 Å². The van der Waals surface area contributed by atoms with Crippen LogP contribution in [-0.4, -0.2) is 36.5 Å². The Kier molecular flexibility index (Phi) is 4.33. The van der Waals surface area contributed by atoms with Crippen LogP contribution in [0.2, 0.25) is 0 Å². The van der Waals surface area contributed by atoms with Gasteiger partial charge in [-0.2, -0.15) is 0 Å². The first-order valence-corrected chi connectivity index (χ1v) is 6.43. The van der Waals surface area contributed by atoms with Crippen molar-refractivity contribution in [3.8, 4) is 0 Å². The van der Waals surface area contributed by atoms with Crippen LogP contribution in [0, 0.1) is 6.92 Å². The first-order chi connectivity index (χ1) is 8.63. The zero-order valence-corrected chi connectivity index (χ0v) is 10.9. The van der Waals surface area contributed by atoms with Crippen molar-refractivity contribution in [2.75, 3.05) is 19.6 Å². The Bertz CT molecular complexity index is 402. The molecule has 4 heteroatoms. The average molecular weight is 247 g/mol. The highest BCUT2D eigenvalue weighted by Crippen LogP contribution is 2.06. The highest BCUT2D eigenvalue weighted by molar-refractivity contribution is 5.78. The summed E-state index contributed by atoms with van der Waals surface area (Å²) in [5, 5.41) is 2.94. The number of carbonyl (C=O) groups excluding carboxylic acids is 1. The molecule has 0 aromatic heterocycles. The van der Waals surface area contributed by atoms with E-state index in [1.54, 1.807) is 0 Å². The lowest BCUT2D eigenvalue weighted by Crippen LogP contribution is -2.37. The number of amides is 1. The van der Waals surface area contributed by atoms with E-state index >= 15 is 0 Å². The van der Waals surface area contributed by atoms with E-state index in [2.05, 4.69) is 29.3 Å². The molecule has 0 saturated carbocycles. The van der Waals surface area contributed by atoms with Gasteiger partial charge in [-0.05, 0) is 18.9 Å². The van der Waals surface area contributed by atoms with Crippen LogP contribution in [0.25, 0.3) is 0 Å². The third-order valence-corrected chi connectivity index (χ3v) is 3.29. The molecule has 2 rings (SSSR count). The smallest absolute Gasteiger partial charge is 0.234 e. The molecule has 0 bridgehead atoms. The lowest BCUT2D eigenvalue weighted by Gasteiger charge is -2.14. The fraction of sp³-hybridized carbons (Fsp3) is 0.500. The summed E-state index contributed by atoms with van der Waals surface area (Å²) in [6.07, 6.45) is 0.991. The number of rotatable bonds is 4. The van der Waals surface area contributed by atoms with Crippen molar-refractivity contribution >= 4 is 5.91 Å². The van der Waals surface area contributed by atoms with Crippen molar-refractivity contribution in [1.29, 1.82) is 0 Å². The predicted octanol–water partition coefficient (Wildman–Crippen LogP) is 0.644. The SMILES string of the molecule is Cc1ccc(CNC(=O)CN2CC[C@H](N)C2)cc1. The number of nitrogens with two attached hydrogens (primary N) is 1. The number of nitrogens with one attached hydrogen (secondary N) is 1. The molecule has 3 N–H and O–H groups in total. The van der Waals surface area contributed by atoms with Crippen molar-refractivity contribution in [3.63, 3.8) is 0 Å². The monoisotopic (exact) mass is 247 g/mol. The van der Waals surface area contributed by atoms with E-state index in [0.29, 0.717) is 13.1 Å². The maximum absolute atomic E-state index is 11.8. The van der Waals surface area contributed by atoms with Crippen molar-refractivity contribution in [2.45, 2.75) is 25.9 Å². The zero-order chi connectivity index (χ0) is 13.0. The van der Waals surface area contributed by atoms with Crippen molar-refractivity contribution < 1.29 is 4.79 Å². The Hall–Kier alpha value is -1.39. The van der Waals surface area contributed by atoms with Gasteiger partial charge in [0, 0.05) is 25.7 Å². The van der Waals surface area contributed by atoms with E-state index in [1.807, 2.05) is 12.1 Å². The Balaban J connectivity index is 1.73. The molecule has 0 radical (unpaired) electrons. The minimum Gasteiger partial charge on any atom is -0.351 e. The van der Waals surface area contributed by atoms with Gasteiger partial charge in [0.25, 0.3) is 0 Å². The Morgan fingerprint density at radius 1 is 1.44 bits per heavy atom. The van der Waals surface area contributed by atoms with Gasteiger partial charge < -0.3 is 11.1 Å². The summed E-state index contributed by atoms with van der Waals surface area (Å²) < 4.78 is 0. The van der Waals surface area contributed by atoms with Gasteiger partial charge in [-0.3, -0.25) is 9.69 Å². The van der Waals surface area contributed by atoms with Crippen LogP contribution in [0.3, 0.4) is 0 Å². The van der Waals surface area contributed by atoms with Crippen LogP contribution in [-0.2, 0) is 11.3 Å². The highest BCUT2D eigenvalue weighted by atomic mass is 16.2. The van der Waals surface area contributed by atoms with Gasteiger partial charge in [0.05, 0.1) is 6.54 Å². The molecule has 0 unspecified atom stereocenters. The van der Waals surface area contributed by atoms with Crippen molar-refractivity contribution in [1.82, 2.24) is 10.2 Å². The molecule has 98 valence electrons. The van der Waals surface area contributed by atoms with Gasteiger partial charge >= 0.3 is 0 Å². The number of benzene rings is 1. The molecule has 1 saturated heterocycles. The van der Waals surface area contributed by atoms with Gasteiger partial charge in [-0.1, -0.05) is 29.8 Å². The summed E-state index contributed by atoms with van der Waals surface area (Å²) in [4.78, 5) is 13.9. The molecule has 1 atom stereocenters. The van der Waals surface area contributed by atoms with E-state index < -0.39 is 0 Å². The van der Waals surface area contributed by atoms with E-state index in [-0.39, 0.29) is 11.9 Å². The van der Waals surface area contributed by atoms with Crippen LogP contribution >= 0.6 is 0 Å². The Morgan fingerprint density at radius 2 is 2.17 bits per heavy atom. The second kappa shape index (κ2) is 5.98. The van der Waals surface area contributed by atoms with Crippen LogP contribution in [0.5, 0.6) is 0 Å². The van der Waals surface area contributed by atoms with Crippen LogP contribution in [0.15, 0.2) is 24.3 Å². The number of hydrogen-bond acceptors (Lipinski definition) is 3. The Labute approximate surface area is 108 Å². The van der Waals surface area contributed by atoms with E-state index in [0.717, 1.165) is 25.1 Å². The minimum absolute atomic E-state index is 0.0738. The number of aryl methyl sites for hydroxylation is 1. The lowest BCUT2D eigenvalue weighted by atomic mass is 10.1. The summed E-state index contributed by atoms with van der Waals surface area (Å²) >= 11 is 0. The quantitative estimate of drug-likeness (QED) is 0.821. The first-order valence-electron chi connectivity index (χ1n) is 6.43. The topological polar surface area (TPSA) is 58.4 Å². The number of hydrogen-bond donors (Lipinski definition) is 2. The molecule has 1 aliphatic heterocycles. The number of likely N-dealkylation sites (tertiary alicyclic amines) is 1. The molecule has 1 aromatic rings. The average Bonchev–Trinajstić information content (AvgIpc) is 2.74. The fourth-order valence-electron chi connectivity index (χ4n) is 2.17. The molecule has 18 heavy (non-hydrogen) atoms. The third-order valence-electron chi connectivity index (χ3n) is 3.29. The minimum atomic E-state index is 0.0738. The standard InChI is InChI=1S/C14H21N3O/c1-11-2-4-12(5-3-11)8-16-14(18)10-17-7-6-13(15)9-17/h2-5,13H,6-10,15H2,1H3,(H,16,18)/t13-/m0/s1. The summed E-state index contributed by atoms with van der Waals surface area (Å²) in [6.45, 7) is 4.87. The molecule has 1 aromatic carbocycles. The van der Waals surface area contributed by atoms with Crippen molar-refractivity contribution in [2.24, 2.45) is 5.73 Å². The fourth-order valence-corrected chi connectivity index (χ4v) is 2.17. The highest BCUT2D eigenvalue weighted by Gasteiger charge is 2.20. The predicted molar refractivity (Wildman–Crippen MR) is 72.1 cm³/mol. The zero-order valence-electron chi connectivity index (χ0n) is 10.9. The molecule has 1 amide bonds. The maximum atomic E-state index is 11.8. The van der Waals surface area contributed by atoms with Gasteiger partial charge in [0.1, 0.15) is 0 Å². The number of nitrogens with zero attached hydrogens (tertiary/aromatic N) is 1. The van der Waals surface area contributed by atoms with E-state index in [1.165, 1.54) is 5.56 Å². The van der Waals surface area contributed by atoms with Gasteiger partial charge in [-0.15, -0.1) is 0 Å². The molecule has 0 aliphatic carbocycles.